The molecule has 1 heteroatoms. The van der Waals surface area contributed by atoms with Crippen LogP contribution in [0.4, 0.5) is 0 Å². The molecule has 2 rings (SSSR count). The number of hydrogen-bond acceptors (Lipinski definition) is 1. The Kier molecular flexibility index (Phi) is 1.31. The molecular weight excluding hydrogens is 134 g/mol. The standard InChI is InChI=1S/C10H11N/c1-7-5-8(2)10-9(6-7)3-4-11-10/h4-5H,1,3,6H2,2H3. The fourth-order valence-corrected chi connectivity index (χ4v) is 1.67. The van der Waals surface area contributed by atoms with Crippen molar-refractivity contribution in [3.05, 3.63) is 35.1 Å². The molecule has 0 aromatic rings. The molecule has 56 valence electrons. The zero-order valence-corrected chi connectivity index (χ0v) is 6.72. The Hall–Kier alpha value is -1.11. The van der Waals surface area contributed by atoms with E-state index in [0.29, 0.717) is 0 Å². The number of allylic oxidation sites excluding steroid dienone is 4. The Morgan fingerprint density at radius 1 is 1.55 bits per heavy atom. The molecule has 11 heavy (non-hydrogen) atoms. The SMILES string of the molecule is C=C1C=C(C)C2=C(CC=N2)C1. The Bertz CT molecular complexity index is 303. The van der Waals surface area contributed by atoms with Crippen LogP contribution < -0.4 is 0 Å². The van der Waals surface area contributed by atoms with Crippen LogP contribution in [0.1, 0.15) is 19.8 Å². The van der Waals surface area contributed by atoms with Gasteiger partial charge in [0.1, 0.15) is 0 Å². The predicted molar refractivity (Wildman–Crippen MR) is 47.6 cm³/mol. The molecule has 1 nitrogen and oxygen atoms in total. The third-order valence-electron chi connectivity index (χ3n) is 2.13. The Morgan fingerprint density at radius 2 is 2.36 bits per heavy atom. The van der Waals surface area contributed by atoms with Crippen molar-refractivity contribution in [2.45, 2.75) is 19.8 Å². The van der Waals surface area contributed by atoms with Crippen molar-refractivity contribution in [3.63, 3.8) is 0 Å². The van der Waals surface area contributed by atoms with E-state index in [4.69, 9.17) is 0 Å². The first-order valence-corrected chi connectivity index (χ1v) is 3.88. The highest BCUT2D eigenvalue weighted by molar-refractivity contribution is 5.71. The van der Waals surface area contributed by atoms with E-state index in [1.54, 1.807) is 0 Å². The van der Waals surface area contributed by atoms with Crippen molar-refractivity contribution < 1.29 is 0 Å². The molecule has 0 spiro atoms. The van der Waals surface area contributed by atoms with E-state index < -0.39 is 0 Å². The van der Waals surface area contributed by atoms with Crippen LogP contribution in [0.5, 0.6) is 0 Å². The van der Waals surface area contributed by atoms with Gasteiger partial charge in [-0.3, -0.25) is 4.99 Å². The van der Waals surface area contributed by atoms with Gasteiger partial charge in [-0.1, -0.05) is 18.2 Å². The fraction of sp³-hybridized carbons (Fsp3) is 0.300. The van der Waals surface area contributed by atoms with E-state index in [2.05, 4.69) is 24.6 Å². The van der Waals surface area contributed by atoms with Crippen molar-refractivity contribution >= 4 is 6.21 Å². The second kappa shape index (κ2) is 2.19. The Balaban J connectivity index is 2.44. The van der Waals surface area contributed by atoms with Crippen LogP contribution in [0.25, 0.3) is 0 Å². The summed E-state index contributed by atoms with van der Waals surface area (Å²) in [6.45, 7) is 6.06. The molecule has 0 saturated heterocycles. The molecule has 0 N–H and O–H groups in total. The highest BCUT2D eigenvalue weighted by Gasteiger charge is 2.16. The molecule has 0 amide bonds. The van der Waals surface area contributed by atoms with Gasteiger partial charge in [-0.2, -0.15) is 0 Å². The van der Waals surface area contributed by atoms with Gasteiger partial charge >= 0.3 is 0 Å². The first-order chi connectivity index (χ1) is 5.27. The second-order valence-electron chi connectivity index (χ2n) is 3.13. The van der Waals surface area contributed by atoms with Gasteiger partial charge in [0.05, 0.1) is 5.70 Å². The Labute approximate surface area is 66.8 Å². The van der Waals surface area contributed by atoms with Gasteiger partial charge < -0.3 is 0 Å². The van der Waals surface area contributed by atoms with Gasteiger partial charge in [-0.25, -0.2) is 0 Å². The fourth-order valence-electron chi connectivity index (χ4n) is 1.67. The monoisotopic (exact) mass is 145 g/mol. The first-order valence-electron chi connectivity index (χ1n) is 3.88. The average Bonchev–Trinajstić information content (AvgIpc) is 2.34. The van der Waals surface area contributed by atoms with E-state index in [1.165, 1.54) is 22.4 Å². The topological polar surface area (TPSA) is 12.4 Å². The van der Waals surface area contributed by atoms with Crippen LogP contribution in [0, 0.1) is 0 Å². The maximum Gasteiger partial charge on any atom is 0.0654 e. The lowest BCUT2D eigenvalue weighted by molar-refractivity contribution is 1.05. The molecule has 0 bridgehead atoms. The summed E-state index contributed by atoms with van der Waals surface area (Å²) in [6.07, 6.45) is 6.16. The van der Waals surface area contributed by atoms with Crippen LogP contribution in [-0.4, -0.2) is 6.21 Å². The number of hydrogen-bond donors (Lipinski definition) is 0. The van der Waals surface area contributed by atoms with E-state index in [1.807, 2.05) is 6.21 Å². The van der Waals surface area contributed by atoms with Gasteiger partial charge in [-0.15, -0.1) is 0 Å². The van der Waals surface area contributed by atoms with Crippen LogP contribution in [0.15, 0.2) is 40.1 Å². The number of rotatable bonds is 0. The second-order valence-corrected chi connectivity index (χ2v) is 3.13. The molecule has 1 heterocycles. The predicted octanol–water partition coefficient (Wildman–Crippen LogP) is 2.62. The molecule has 1 aliphatic carbocycles. The third kappa shape index (κ3) is 0.967. The van der Waals surface area contributed by atoms with Gasteiger partial charge in [0.2, 0.25) is 0 Å². The summed E-state index contributed by atoms with van der Waals surface area (Å²) >= 11 is 0. The third-order valence-corrected chi connectivity index (χ3v) is 2.13. The highest BCUT2D eigenvalue weighted by Crippen LogP contribution is 2.32. The molecule has 0 aromatic heterocycles. The van der Waals surface area contributed by atoms with Crippen molar-refractivity contribution in [3.8, 4) is 0 Å². The van der Waals surface area contributed by atoms with E-state index in [0.717, 1.165) is 12.8 Å². The van der Waals surface area contributed by atoms with Gasteiger partial charge in [0.25, 0.3) is 0 Å². The average molecular weight is 145 g/mol. The summed E-state index contributed by atoms with van der Waals surface area (Å²) in [4.78, 5) is 4.32. The summed E-state index contributed by atoms with van der Waals surface area (Å²) < 4.78 is 0. The van der Waals surface area contributed by atoms with Crippen molar-refractivity contribution in [1.29, 1.82) is 0 Å². The minimum atomic E-state index is 1.02. The lowest BCUT2D eigenvalue weighted by Gasteiger charge is -2.12. The summed E-state index contributed by atoms with van der Waals surface area (Å²) in [5.41, 5.74) is 5.13. The van der Waals surface area contributed by atoms with Gasteiger partial charge in [0.15, 0.2) is 0 Å². The molecule has 0 atom stereocenters. The summed E-state index contributed by atoms with van der Waals surface area (Å²) in [5, 5.41) is 0. The molecule has 0 fully saturated rings. The van der Waals surface area contributed by atoms with Crippen molar-refractivity contribution in [1.82, 2.24) is 0 Å². The quantitative estimate of drug-likeness (QED) is 0.497. The molecule has 0 saturated carbocycles. The molecule has 1 aliphatic heterocycles. The smallest absolute Gasteiger partial charge is 0.0654 e. The maximum absolute atomic E-state index is 4.32. The normalized spacial score (nSPS) is 22.3. The van der Waals surface area contributed by atoms with Crippen molar-refractivity contribution in [2.24, 2.45) is 4.99 Å². The molecular formula is C10H11N. The van der Waals surface area contributed by atoms with E-state index >= 15 is 0 Å². The number of nitrogens with zero attached hydrogens (tertiary/aromatic N) is 1. The van der Waals surface area contributed by atoms with E-state index in [-0.39, 0.29) is 0 Å². The Morgan fingerprint density at radius 3 is 3.18 bits per heavy atom. The van der Waals surface area contributed by atoms with E-state index in [9.17, 15) is 0 Å². The van der Waals surface area contributed by atoms with Gasteiger partial charge in [-0.05, 0) is 24.5 Å². The first kappa shape index (κ1) is 6.59. The van der Waals surface area contributed by atoms with Gasteiger partial charge in [0, 0.05) is 12.6 Å². The van der Waals surface area contributed by atoms with Crippen molar-refractivity contribution in [2.75, 3.05) is 0 Å². The molecule has 2 aliphatic rings. The zero-order valence-electron chi connectivity index (χ0n) is 6.72. The molecule has 0 unspecified atom stereocenters. The lowest BCUT2D eigenvalue weighted by Crippen LogP contribution is -1.95. The summed E-state index contributed by atoms with van der Waals surface area (Å²) in [6, 6.07) is 0. The van der Waals surface area contributed by atoms with Crippen LogP contribution in [0.2, 0.25) is 0 Å². The largest absolute Gasteiger partial charge is 0.261 e. The number of aliphatic imine (C=N–C) groups is 1. The maximum atomic E-state index is 4.32. The molecule has 0 aromatic carbocycles. The van der Waals surface area contributed by atoms with Crippen LogP contribution in [0.3, 0.4) is 0 Å². The minimum Gasteiger partial charge on any atom is -0.261 e. The zero-order chi connectivity index (χ0) is 7.84. The summed E-state index contributed by atoms with van der Waals surface area (Å²) in [7, 11) is 0. The lowest BCUT2D eigenvalue weighted by atomic mass is 9.94. The van der Waals surface area contributed by atoms with Crippen LogP contribution >= 0.6 is 0 Å². The van der Waals surface area contributed by atoms with Crippen LogP contribution in [-0.2, 0) is 0 Å². The minimum absolute atomic E-state index is 1.02. The highest BCUT2D eigenvalue weighted by atomic mass is 14.8. The summed E-state index contributed by atoms with van der Waals surface area (Å²) in [5.74, 6) is 0. The molecule has 0 radical (unpaired) electrons.